The number of carbonyl (C=O) groups excluding carboxylic acids is 2. The van der Waals surface area contributed by atoms with Gasteiger partial charge < -0.3 is 14.5 Å². The minimum atomic E-state index is -0.476. The Bertz CT molecular complexity index is 619. The molecule has 2 aromatic rings. The van der Waals surface area contributed by atoms with Gasteiger partial charge in [-0.25, -0.2) is 0 Å². The maximum atomic E-state index is 11.4. The molecular formula is C17H19NO4. The third kappa shape index (κ3) is 5.44. The Hall–Kier alpha value is -2.56. The maximum absolute atomic E-state index is 11.4. The highest BCUT2D eigenvalue weighted by Gasteiger charge is 2.06. The zero-order valence-corrected chi connectivity index (χ0v) is 12.5. The van der Waals surface area contributed by atoms with E-state index in [2.05, 4.69) is 22.2 Å². The van der Waals surface area contributed by atoms with E-state index in [-0.39, 0.29) is 19.1 Å². The smallest absolute Gasteiger partial charge is 0.303 e. The quantitative estimate of drug-likeness (QED) is 0.796. The van der Waals surface area contributed by atoms with Crippen LogP contribution in [0.3, 0.4) is 0 Å². The van der Waals surface area contributed by atoms with Crippen LogP contribution in [-0.4, -0.2) is 18.5 Å². The average Bonchev–Trinajstić information content (AvgIpc) is 2.98. The van der Waals surface area contributed by atoms with Crippen molar-refractivity contribution in [2.45, 2.75) is 26.3 Å². The fourth-order valence-corrected chi connectivity index (χ4v) is 1.97. The molecule has 1 amide bonds. The topological polar surface area (TPSA) is 68.5 Å². The normalized spacial score (nSPS) is 10.2. The van der Waals surface area contributed by atoms with E-state index in [4.69, 9.17) is 4.42 Å². The van der Waals surface area contributed by atoms with E-state index in [1.54, 1.807) is 0 Å². The first-order chi connectivity index (χ1) is 10.6. The minimum absolute atomic E-state index is 0.267. The van der Waals surface area contributed by atoms with Crippen molar-refractivity contribution in [3.63, 3.8) is 0 Å². The van der Waals surface area contributed by atoms with Gasteiger partial charge in [0.2, 0.25) is 0 Å². The molecule has 0 spiro atoms. The van der Waals surface area contributed by atoms with Gasteiger partial charge in [-0.3, -0.25) is 9.59 Å². The fourth-order valence-electron chi connectivity index (χ4n) is 1.97. The molecule has 0 unspecified atom stereocenters. The molecule has 1 heterocycles. The maximum Gasteiger partial charge on any atom is 0.303 e. The molecule has 1 aromatic heterocycles. The lowest BCUT2D eigenvalue weighted by Gasteiger charge is -2.03. The first-order valence-corrected chi connectivity index (χ1v) is 7.15. The molecule has 2 rings (SSSR count). The van der Waals surface area contributed by atoms with Crippen molar-refractivity contribution in [3.8, 4) is 0 Å². The van der Waals surface area contributed by atoms with Crippen molar-refractivity contribution in [2.24, 2.45) is 0 Å². The molecule has 0 fully saturated rings. The molecule has 0 aliphatic carbocycles. The number of hydrogen-bond donors (Lipinski definition) is 1. The molecule has 0 atom stereocenters. The van der Waals surface area contributed by atoms with Crippen LogP contribution in [0.5, 0.6) is 0 Å². The SMILES string of the molecule is CC(=O)OCC(=O)NCc1ccc(CCc2ccccc2)o1. The summed E-state index contributed by atoms with van der Waals surface area (Å²) < 4.78 is 10.3. The lowest BCUT2D eigenvalue weighted by Crippen LogP contribution is -2.27. The number of benzene rings is 1. The van der Waals surface area contributed by atoms with Crippen molar-refractivity contribution in [1.29, 1.82) is 0 Å². The van der Waals surface area contributed by atoms with Gasteiger partial charge in [-0.1, -0.05) is 30.3 Å². The number of carbonyl (C=O) groups is 2. The number of esters is 1. The fraction of sp³-hybridized carbons (Fsp3) is 0.294. The van der Waals surface area contributed by atoms with Gasteiger partial charge in [-0.05, 0) is 24.1 Å². The molecule has 1 N–H and O–H groups in total. The second kappa shape index (κ2) is 8.02. The predicted molar refractivity (Wildman–Crippen MR) is 81.0 cm³/mol. The second-order valence-corrected chi connectivity index (χ2v) is 4.91. The van der Waals surface area contributed by atoms with Gasteiger partial charge in [-0.15, -0.1) is 0 Å². The summed E-state index contributed by atoms with van der Waals surface area (Å²) in [7, 11) is 0. The first-order valence-electron chi connectivity index (χ1n) is 7.15. The lowest BCUT2D eigenvalue weighted by atomic mass is 10.1. The van der Waals surface area contributed by atoms with Crippen molar-refractivity contribution in [1.82, 2.24) is 5.32 Å². The third-order valence-electron chi connectivity index (χ3n) is 3.09. The third-order valence-corrected chi connectivity index (χ3v) is 3.09. The Morgan fingerprint density at radius 2 is 1.77 bits per heavy atom. The highest BCUT2D eigenvalue weighted by atomic mass is 16.5. The Labute approximate surface area is 129 Å². The number of furan rings is 1. The number of nitrogens with one attached hydrogen (secondary N) is 1. The minimum Gasteiger partial charge on any atom is -0.464 e. The molecule has 0 radical (unpaired) electrons. The van der Waals surface area contributed by atoms with Crippen molar-refractivity contribution in [2.75, 3.05) is 6.61 Å². The summed E-state index contributed by atoms with van der Waals surface area (Å²) in [4.78, 5) is 22.0. The van der Waals surface area contributed by atoms with E-state index in [9.17, 15) is 9.59 Å². The van der Waals surface area contributed by atoms with Gasteiger partial charge in [0.1, 0.15) is 11.5 Å². The Morgan fingerprint density at radius 1 is 1.05 bits per heavy atom. The highest BCUT2D eigenvalue weighted by molar-refractivity contribution is 5.79. The van der Waals surface area contributed by atoms with Crippen molar-refractivity contribution < 1.29 is 18.7 Å². The predicted octanol–water partition coefficient (Wildman–Crippen LogP) is 2.24. The standard InChI is InChI=1S/C17H19NO4/c1-13(19)21-12-17(20)18-11-16-10-9-15(22-16)8-7-14-5-3-2-4-6-14/h2-6,9-10H,7-8,11-12H2,1H3,(H,18,20). The second-order valence-electron chi connectivity index (χ2n) is 4.91. The highest BCUT2D eigenvalue weighted by Crippen LogP contribution is 2.11. The molecule has 0 saturated heterocycles. The Balaban J connectivity index is 1.74. The van der Waals surface area contributed by atoms with E-state index in [0.29, 0.717) is 5.76 Å². The number of ether oxygens (including phenoxy) is 1. The molecule has 22 heavy (non-hydrogen) atoms. The number of amides is 1. The van der Waals surface area contributed by atoms with Gasteiger partial charge >= 0.3 is 5.97 Å². The van der Waals surface area contributed by atoms with Gasteiger partial charge in [0.15, 0.2) is 6.61 Å². The summed E-state index contributed by atoms with van der Waals surface area (Å²) in [5.74, 6) is 0.737. The molecular weight excluding hydrogens is 282 g/mol. The lowest BCUT2D eigenvalue weighted by molar-refractivity contribution is -0.146. The van der Waals surface area contributed by atoms with E-state index in [1.807, 2.05) is 30.3 Å². The van der Waals surface area contributed by atoms with E-state index in [1.165, 1.54) is 12.5 Å². The Morgan fingerprint density at radius 3 is 2.50 bits per heavy atom. The van der Waals surface area contributed by atoms with Crippen LogP contribution < -0.4 is 5.32 Å². The summed E-state index contributed by atoms with van der Waals surface area (Å²) >= 11 is 0. The molecule has 0 aliphatic rings. The Kier molecular flexibility index (Phi) is 5.77. The molecule has 5 heteroatoms. The van der Waals surface area contributed by atoms with Crippen LogP contribution in [0.25, 0.3) is 0 Å². The van der Waals surface area contributed by atoms with Gasteiger partial charge in [-0.2, -0.15) is 0 Å². The van der Waals surface area contributed by atoms with E-state index >= 15 is 0 Å². The first kappa shape index (κ1) is 15.8. The largest absolute Gasteiger partial charge is 0.464 e. The van der Waals surface area contributed by atoms with Crippen LogP contribution in [0.1, 0.15) is 24.0 Å². The molecule has 5 nitrogen and oxygen atoms in total. The summed E-state index contributed by atoms with van der Waals surface area (Å²) in [5, 5.41) is 2.63. The zero-order chi connectivity index (χ0) is 15.8. The van der Waals surface area contributed by atoms with Crippen LogP contribution in [0, 0.1) is 0 Å². The zero-order valence-electron chi connectivity index (χ0n) is 12.5. The summed E-state index contributed by atoms with van der Waals surface area (Å²) in [6.07, 6.45) is 1.72. The average molecular weight is 301 g/mol. The molecule has 0 saturated carbocycles. The summed E-state index contributed by atoms with van der Waals surface area (Å²) in [6.45, 7) is 1.28. The molecule has 116 valence electrons. The summed E-state index contributed by atoms with van der Waals surface area (Å²) in [5.41, 5.74) is 1.26. The van der Waals surface area contributed by atoms with Gasteiger partial charge in [0, 0.05) is 13.3 Å². The number of aryl methyl sites for hydroxylation is 2. The van der Waals surface area contributed by atoms with Crippen LogP contribution >= 0.6 is 0 Å². The van der Waals surface area contributed by atoms with Crippen LogP contribution in [-0.2, 0) is 33.7 Å². The monoisotopic (exact) mass is 301 g/mol. The van der Waals surface area contributed by atoms with E-state index < -0.39 is 5.97 Å². The van der Waals surface area contributed by atoms with Crippen LogP contribution in [0.2, 0.25) is 0 Å². The number of hydrogen-bond acceptors (Lipinski definition) is 4. The van der Waals surface area contributed by atoms with Crippen molar-refractivity contribution in [3.05, 3.63) is 59.5 Å². The molecule has 0 aliphatic heterocycles. The summed E-state index contributed by atoms with van der Waals surface area (Å²) in [6, 6.07) is 13.9. The van der Waals surface area contributed by atoms with Crippen LogP contribution in [0.15, 0.2) is 46.9 Å². The molecule has 0 bridgehead atoms. The van der Waals surface area contributed by atoms with Gasteiger partial charge in [0.25, 0.3) is 5.91 Å². The van der Waals surface area contributed by atoms with Gasteiger partial charge in [0.05, 0.1) is 6.54 Å². The molecule has 1 aromatic carbocycles. The number of rotatable bonds is 7. The van der Waals surface area contributed by atoms with Crippen molar-refractivity contribution >= 4 is 11.9 Å². The van der Waals surface area contributed by atoms with Crippen LogP contribution in [0.4, 0.5) is 0 Å². The van der Waals surface area contributed by atoms with E-state index in [0.717, 1.165) is 18.6 Å².